The lowest BCUT2D eigenvalue weighted by Gasteiger charge is -2.17. The van der Waals surface area contributed by atoms with Crippen molar-refractivity contribution in [1.29, 1.82) is 0 Å². The largest absolute Gasteiger partial charge is 0.467 e. The number of hydrogen-bond donors (Lipinski definition) is 1. The lowest BCUT2D eigenvalue weighted by Crippen LogP contribution is -2.43. The normalized spacial score (nSPS) is 11.6. The molecule has 0 aliphatic carbocycles. The highest BCUT2D eigenvalue weighted by Gasteiger charge is 2.24. The van der Waals surface area contributed by atoms with E-state index in [0.29, 0.717) is 0 Å². The summed E-state index contributed by atoms with van der Waals surface area (Å²) in [7, 11) is 1.25. The minimum absolute atomic E-state index is 0.116. The Morgan fingerprint density at radius 2 is 2.00 bits per heavy atom. The molecular formula is C18H16FN5O3. The van der Waals surface area contributed by atoms with E-state index < -0.39 is 23.7 Å². The number of nitrogens with one attached hydrogen (secondary N) is 1. The number of tetrazole rings is 1. The van der Waals surface area contributed by atoms with E-state index in [2.05, 4.69) is 20.8 Å². The third-order valence-electron chi connectivity index (χ3n) is 3.87. The predicted octanol–water partition coefficient (Wildman–Crippen LogP) is 1.32. The van der Waals surface area contributed by atoms with Gasteiger partial charge >= 0.3 is 5.97 Å². The van der Waals surface area contributed by atoms with Crippen molar-refractivity contribution >= 4 is 11.9 Å². The molecule has 1 N–H and O–H groups in total. The van der Waals surface area contributed by atoms with E-state index in [1.165, 1.54) is 24.2 Å². The average Bonchev–Trinajstić information content (AvgIpc) is 3.22. The molecule has 2 aromatic carbocycles. The molecule has 0 radical (unpaired) electrons. The Kier molecular flexibility index (Phi) is 5.50. The van der Waals surface area contributed by atoms with Gasteiger partial charge in [-0.25, -0.2) is 9.18 Å². The highest BCUT2D eigenvalue weighted by Crippen LogP contribution is 2.16. The molecule has 0 fully saturated rings. The number of amides is 1. The lowest BCUT2D eigenvalue weighted by atomic mass is 10.0. The highest BCUT2D eigenvalue weighted by atomic mass is 19.1. The Bertz CT molecular complexity index is 931. The minimum Gasteiger partial charge on any atom is -0.467 e. The van der Waals surface area contributed by atoms with Gasteiger partial charge in [0, 0.05) is 12.5 Å². The van der Waals surface area contributed by atoms with Crippen LogP contribution in [0.1, 0.15) is 15.9 Å². The Balaban J connectivity index is 1.87. The van der Waals surface area contributed by atoms with E-state index in [0.717, 1.165) is 17.7 Å². The van der Waals surface area contributed by atoms with Gasteiger partial charge in [0.05, 0.1) is 18.4 Å². The molecule has 27 heavy (non-hydrogen) atoms. The van der Waals surface area contributed by atoms with Crippen LogP contribution in [0.3, 0.4) is 0 Å². The molecule has 0 aliphatic rings. The summed E-state index contributed by atoms with van der Waals surface area (Å²) in [6, 6.07) is 11.9. The van der Waals surface area contributed by atoms with E-state index in [-0.39, 0.29) is 17.7 Å². The number of halogens is 1. The van der Waals surface area contributed by atoms with Gasteiger partial charge in [-0.1, -0.05) is 30.3 Å². The van der Waals surface area contributed by atoms with Crippen LogP contribution in [0.15, 0.2) is 54.9 Å². The van der Waals surface area contributed by atoms with E-state index in [1.807, 2.05) is 30.3 Å². The SMILES string of the molecule is COC(=O)[C@@H](Cc1ccccc1)NC(=O)c1ccc(F)cc1-n1cnnn1. The monoisotopic (exact) mass is 369 g/mol. The van der Waals surface area contributed by atoms with Crippen molar-refractivity contribution in [2.45, 2.75) is 12.5 Å². The average molecular weight is 369 g/mol. The minimum atomic E-state index is -0.906. The van der Waals surface area contributed by atoms with Gasteiger partial charge in [0.2, 0.25) is 0 Å². The maximum absolute atomic E-state index is 13.6. The molecule has 0 unspecified atom stereocenters. The molecule has 0 bridgehead atoms. The van der Waals surface area contributed by atoms with Crippen LogP contribution in [0.4, 0.5) is 4.39 Å². The molecule has 9 heteroatoms. The molecule has 1 atom stereocenters. The highest BCUT2D eigenvalue weighted by molar-refractivity contribution is 5.99. The van der Waals surface area contributed by atoms with E-state index in [9.17, 15) is 14.0 Å². The number of carbonyl (C=O) groups excluding carboxylic acids is 2. The zero-order chi connectivity index (χ0) is 19.2. The van der Waals surface area contributed by atoms with Crippen LogP contribution >= 0.6 is 0 Å². The van der Waals surface area contributed by atoms with Crippen molar-refractivity contribution in [3.63, 3.8) is 0 Å². The topological polar surface area (TPSA) is 99.0 Å². The number of carbonyl (C=O) groups is 2. The summed E-state index contributed by atoms with van der Waals surface area (Å²) in [5.41, 5.74) is 1.12. The van der Waals surface area contributed by atoms with Gasteiger partial charge in [-0.2, -0.15) is 4.68 Å². The predicted molar refractivity (Wildman–Crippen MR) is 92.5 cm³/mol. The van der Waals surface area contributed by atoms with Crippen molar-refractivity contribution in [2.24, 2.45) is 0 Å². The van der Waals surface area contributed by atoms with Crippen LogP contribution in [0.2, 0.25) is 0 Å². The number of aromatic nitrogens is 4. The molecule has 1 amide bonds. The zero-order valence-electron chi connectivity index (χ0n) is 14.4. The van der Waals surface area contributed by atoms with Gasteiger partial charge in [0.25, 0.3) is 5.91 Å². The second kappa shape index (κ2) is 8.17. The first-order valence-electron chi connectivity index (χ1n) is 8.04. The second-order valence-electron chi connectivity index (χ2n) is 5.65. The number of hydrogen-bond acceptors (Lipinski definition) is 6. The maximum atomic E-state index is 13.6. The van der Waals surface area contributed by atoms with E-state index in [4.69, 9.17) is 4.74 Å². The molecule has 0 saturated carbocycles. The molecule has 3 aromatic rings. The van der Waals surface area contributed by atoms with Gasteiger partial charge in [0.1, 0.15) is 18.2 Å². The Labute approximate surface area is 154 Å². The van der Waals surface area contributed by atoms with E-state index in [1.54, 1.807) is 0 Å². The number of rotatable bonds is 6. The van der Waals surface area contributed by atoms with Crippen molar-refractivity contribution in [3.05, 3.63) is 71.8 Å². The number of esters is 1. The first kappa shape index (κ1) is 18.2. The van der Waals surface area contributed by atoms with Crippen molar-refractivity contribution < 1.29 is 18.7 Å². The smallest absolute Gasteiger partial charge is 0.328 e. The molecule has 0 spiro atoms. The third kappa shape index (κ3) is 4.32. The molecule has 8 nitrogen and oxygen atoms in total. The van der Waals surface area contributed by atoms with Crippen molar-refractivity contribution in [2.75, 3.05) is 7.11 Å². The Morgan fingerprint density at radius 3 is 2.67 bits per heavy atom. The molecule has 1 heterocycles. The number of benzene rings is 2. The second-order valence-corrected chi connectivity index (χ2v) is 5.65. The van der Waals surface area contributed by atoms with Gasteiger partial charge in [-0.05, 0) is 28.1 Å². The van der Waals surface area contributed by atoms with Crippen LogP contribution < -0.4 is 5.32 Å². The molecular weight excluding hydrogens is 353 g/mol. The number of nitrogens with zero attached hydrogens (tertiary/aromatic N) is 4. The molecule has 138 valence electrons. The number of ether oxygens (including phenoxy) is 1. The van der Waals surface area contributed by atoms with Crippen molar-refractivity contribution in [1.82, 2.24) is 25.5 Å². The van der Waals surface area contributed by atoms with Crippen LogP contribution in [0, 0.1) is 5.82 Å². The van der Waals surface area contributed by atoms with Gasteiger partial charge in [-0.15, -0.1) is 5.10 Å². The molecule has 0 aliphatic heterocycles. The fraction of sp³-hybridized carbons (Fsp3) is 0.167. The van der Waals surface area contributed by atoms with Gasteiger partial charge in [0.15, 0.2) is 0 Å². The van der Waals surface area contributed by atoms with E-state index >= 15 is 0 Å². The molecule has 3 rings (SSSR count). The maximum Gasteiger partial charge on any atom is 0.328 e. The van der Waals surface area contributed by atoms with Crippen LogP contribution in [-0.4, -0.2) is 45.2 Å². The Hall–Kier alpha value is -3.62. The van der Waals surface area contributed by atoms with Crippen molar-refractivity contribution in [3.8, 4) is 5.69 Å². The molecule has 1 aromatic heterocycles. The summed E-state index contributed by atoms with van der Waals surface area (Å²) < 4.78 is 19.6. The van der Waals surface area contributed by atoms with Crippen LogP contribution in [0.5, 0.6) is 0 Å². The van der Waals surface area contributed by atoms with Gasteiger partial charge in [-0.3, -0.25) is 4.79 Å². The first-order valence-corrected chi connectivity index (χ1v) is 8.04. The summed E-state index contributed by atoms with van der Waals surface area (Å²) in [6.45, 7) is 0. The third-order valence-corrected chi connectivity index (χ3v) is 3.87. The summed E-state index contributed by atoms with van der Waals surface area (Å²) >= 11 is 0. The van der Waals surface area contributed by atoms with Crippen LogP contribution in [0.25, 0.3) is 5.69 Å². The van der Waals surface area contributed by atoms with Crippen LogP contribution in [-0.2, 0) is 16.0 Å². The van der Waals surface area contributed by atoms with Gasteiger partial charge < -0.3 is 10.1 Å². The summed E-state index contributed by atoms with van der Waals surface area (Å²) in [5.74, 6) is -1.71. The zero-order valence-corrected chi connectivity index (χ0v) is 14.4. The fourth-order valence-corrected chi connectivity index (χ4v) is 2.58. The lowest BCUT2D eigenvalue weighted by molar-refractivity contribution is -0.142. The fourth-order valence-electron chi connectivity index (χ4n) is 2.58. The number of methoxy groups -OCH3 is 1. The summed E-state index contributed by atoms with van der Waals surface area (Å²) in [4.78, 5) is 24.9. The summed E-state index contributed by atoms with van der Waals surface area (Å²) in [6.07, 6.45) is 1.49. The summed E-state index contributed by atoms with van der Waals surface area (Å²) in [5, 5.41) is 13.3. The first-order chi connectivity index (χ1) is 13.1. The molecule has 0 saturated heterocycles. The standard InChI is InChI=1S/C18H16FN5O3/c1-27-18(26)15(9-12-5-3-2-4-6-12)21-17(25)14-8-7-13(19)10-16(14)24-11-20-22-23-24/h2-8,10-11,15H,9H2,1H3,(H,21,25)/t15-/m1/s1. The quantitative estimate of drug-likeness (QED) is 0.658. The Morgan fingerprint density at radius 1 is 1.22 bits per heavy atom.